The average Bonchev–Trinajstić information content (AvgIpc) is 1.37. The molecule has 0 saturated carbocycles. The second-order valence-electron chi connectivity index (χ2n) is 0.724. The van der Waals surface area contributed by atoms with Crippen molar-refractivity contribution in [3.63, 3.8) is 0 Å². The Morgan fingerprint density at radius 3 is 1.80 bits per heavy atom. The van der Waals surface area contributed by atoms with Crippen LogP contribution in [0.25, 0.3) is 0 Å². The van der Waals surface area contributed by atoms with Gasteiger partial charge in [-0.1, -0.05) is 6.92 Å². The molecular weight excluding hydrogens is 87.5 g/mol. The summed E-state index contributed by atoms with van der Waals surface area (Å²) in [6.45, 7) is 2.25. The van der Waals surface area contributed by atoms with E-state index in [1.54, 1.807) is 0 Å². The molecule has 0 aliphatic carbocycles. The van der Waals surface area contributed by atoms with Gasteiger partial charge in [0.15, 0.2) is 0 Å². The largest absolute Gasteiger partial charge is 0.396 e. The van der Waals surface area contributed by atoms with E-state index >= 15 is 0 Å². The molecule has 0 aromatic carbocycles. The summed E-state index contributed by atoms with van der Waals surface area (Å²) in [7, 11) is 0. The molecule has 0 aliphatic rings. The maximum Gasteiger partial charge on any atom is 0.0428 e. The van der Waals surface area contributed by atoms with Gasteiger partial charge in [0.1, 0.15) is 0 Å². The first-order valence-electron chi connectivity index (χ1n) is 1.52. The van der Waals surface area contributed by atoms with Crippen molar-refractivity contribution in [1.82, 2.24) is 0 Å². The lowest BCUT2D eigenvalue weighted by atomic mass is 10.5. The number of hydrogen-bond donors (Lipinski definition) is 1. The molecule has 2 heteroatoms. The SMILES string of the molecule is CCCO.Cl. The first-order chi connectivity index (χ1) is 1.91. The molecule has 0 fully saturated rings. The number of rotatable bonds is 1. The van der Waals surface area contributed by atoms with Crippen molar-refractivity contribution in [3.8, 4) is 0 Å². The predicted octanol–water partition coefficient (Wildman–Crippen LogP) is 0.810. The Morgan fingerprint density at radius 2 is 1.80 bits per heavy atom. The molecule has 0 aromatic rings. The zero-order valence-corrected chi connectivity index (χ0v) is 4.09. The molecule has 1 N–H and O–H groups in total. The Labute approximate surface area is 38.4 Å². The zero-order valence-electron chi connectivity index (χ0n) is 3.27. The topological polar surface area (TPSA) is 20.2 Å². The summed E-state index contributed by atoms with van der Waals surface area (Å²) < 4.78 is 0. The quantitative estimate of drug-likeness (QED) is 0.512. The van der Waals surface area contributed by atoms with Crippen LogP contribution in [-0.2, 0) is 0 Å². The van der Waals surface area contributed by atoms with E-state index in [1.807, 2.05) is 6.92 Å². The minimum atomic E-state index is 0. The van der Waals surface area contributed by atoms with Crippen LogP contribution >= 0.6 is 12.4 Å². The summed E-state index contributed by atoms with van der Waals surface area (Å²) in [6, 6.07) is 0. The lowest BCUT2D eigenvalue weighted by Crippen LogP contribution is -1.69. The van der Waals surface area contributed by atoms with Gasteiger partial charge in [-0.3, -0.25) is 0 Å². The predicted molar refractivity (Wildman–Crippen MR) is 24.6 cm³/mol. The van der Waals surface area contributed by atoms with Crippen LogP contribution in [0.3, 0.4) is 0 Å². The Bertz CT molecular complexity index is 8.85. The summed E-state index contributed by atoms with van der Waals surface area (Å²) in [4.78, 5) is 0. The van der Waals surface area contributed by atoms with E-state index in [9.17, 15) is 0 Å². The molecule has 0 aliphatic heterocycles. The number of hydrogen-bond acceptors (Lipinski definition) is 1. The first-order valence-corrected chi connectivity index (χ1v) is 1.52. The molecule has 0 rings (SSSR count). The van der Waals surface area contributed by atoms with Gasteiger partial charge in [0.2, 0.25) is 0 Å². The van der Waals surface area contributed by atoms with E-state index in [0.29, 0.717) is 6.61 Å². The van der Waals surface area contributed by atoms with Crippen molar-refractivity contribution in [3.05, 3.63) is 0 Å². The zero-order chi connectivity index (χ0) is 3.41. The van der Waals surface area contributed by atoms with Gasteiger partial charge in [0.25, 0.3) is 0 Å². The number of aliphatic hydroxyl groups is 1. The molecule has 0 bridgehead atoms. The van der Waals surface area contributed by atoms with Crippen LogP contribution in [0.5, 0.6) is 0 Å². The Hall–Kier alpha value is 0.250. The molecular formula is C3H9ClO. The fourth-order valence-electron chi connectivity index (χ4n) is 0. The molecule has 0 amide bonds. The molecule has 0 heterocycles. The summed E-state index contributed by atoms with van der Waals surface area (Å²) in [5.74, 6) is 0. The fraction of sp³-hybridized carbons (Fsp3) is 1.00. The van der Waals surface area contributed by atoms with Gasteiger partial charge in [-0.05, 0) is 6.42 Å². The van der Waals surface area contributed by atoms with Crippen LogP contribution in [0.15, 0.2) is 0 Å². The van der Waals surface area contributed by atoms with Crippen molar-refractivity contribution in [2.45, 2.75) is 13.3 Å². The molecule has 5 heavy (non-hydrogen) atoms. The normalized spacial score (nSPS) is 6.00. The van der Waals surface area contributed by atoms with Crippen LogP contribution in [0.4, 0.5) is 0 Å². The van der Waals surface area contributed by atoms with Crippen molar-refractivity contribution in [1.29, 1.82) is 0 Å². The van der Waals surface area contributed by atoms with E-state index in [2.05, 4.69) is 0 Å². The summed E-state index contributed by atoms with van der Waals surface area (Å²) in [6.07, 6.45) is 0.875. The smallest absolute Gasteiger partial charge is 0.0428 e. The molecule has 0 radical (unpaired) electrons. The second kappa shape index (κ2) is 8.87. The summed E-state index contributed by atoms with van der Waals surface area (Å²) in [5, 5.41) is 7.88. The van der Waals surface area contributed by atoms with Crippen LogP contribution in [0, 0.1) is 0 Å². The lowest BCUT2D eigenvalue weighted by Gasteiger charge is -1.69. The summed E-state index contributed by atoms with van der Waals surface area (Å²) >= 11 is 0. The van der Waals surface area contributed by atoms with Crippen LogP contribution in [-0.4, -0.2) is 11.7 Å². The Morgan fingerprint density at radius 1 is 1.60 bits per heavy atom. The van der Waals surface area contributed by atoms with Gasteiger partial charge in [0, 0.05) is 6.61 Å². The molecule has 0 atom stereocenters. The van der Waals surface area contributed by atoms with Gasteiger partial charge >= 0.3 is 0 Å². The highest BCUT2D eigenvalue weighted by molar-refractivity contribution is 5.85. The van der Waals surface area contributed by atoms with E-state index in [1.165, 1.54) is 0 Å². The van der Waals surface area contributed by atoms with Crippen LogP contribution in [0.1, 0.15) is 13.3 Å². The standard InChI is InChI=1S/C3H8O.ClH/c1-2-3-4;/h4H,2-3H2,1H3;1H. The Balaban J connectivity index is 0. The highest BCUT2D eigenvalue weighted by atomic mass is 35.5. The number of halogens is 1. The monoisotopic (exact) mass is 96.0 g/mol. The molecule has 0 spiro atoms. The number of aliphatic hydroxyl groups excluding tert-OH is 1. The van der Waals surface area contributed by atoms with Crippen molar-refractivity contribution >= 4 is 12.4 Å². The van der Waals surface area contributed by atoms with Gasteiger partial charge < -0.3 is 5.11 Å². The Kier molecular flexibility index (Phi) is 15.9. The van der Waals surface area contributed by atoms with Crippen molar-refractivity contribution in [2.24, 2.45) is 0 Å². The maximum atomic E-state index is 7.88. The highest BCUT2D eigenvalue weighted by Crippen LogP contribution is 1.61. The van der Waals surface area contributed by atoms with E-state index in [0.717, 1.165) is 6.42 Å². The maximum absolute atomic E-state index is 7.88. The lowest BCUT2D eigenvalue weighted by molar-refractivity contribution is 0.295. The molecule has 1 nitrogen and oxygen atoms in total. The van der Waals surface area contributed by atoms with Gasteiger partial charge in [0.05, 0.1) is 0 Å². The fourth-order valence-corrected chi connectivity index (χ4v) is 0. The van der Waals surface area contributed by atoms with E-state index < -0.39 is 0 Å². The van der Waals surface area contributed by atoms with Crippen molar-refractivity contribution < 1.29 is 5.11 Å². The highest BCUT2D eigenvalue weighted by Gasteiger charge is 1.57. The van der Waals surface area contributed by atoms with Crippen molar-refractivity contribution in [2.75, 3.05) is 6.61 Å². The second-order valence-corrected chi connectivity index (χ2v) is 0.724. The van der Waals surface area contributed by atoms with Gasteiger partial charge in [-0.15, -0.1) is 12.4 Å². The van der Waals surface area contributed by atoms with E-state index in [4.69, 9.17) is 5.11 Å². The van der Waals surface area contributed by atoms with Gasteiger partial charge in [-0.25, -0.2) is 0 Å². The molecule has 0 aromatic heterocycles. The van der Waals surface area contributed by atoms with E-state index in [-0.39, 0.29) is 12.4 Å². The third-order valence-corrected chi connectivity index (χ3v) is 0.224. The minimum absolute atomic E-state index is 0. The van der Waals surface area contributed by atoms with Gasteiger partial charge in [-0.2, -0.15) is 0 Å². The van der Waals surface area contributed by atoms with Crippen LogP contribution in [0.2, 0.25) is 0 Å². The minimum Gasteiger partial charge on any atom is -0.396 e. The molecule has 34 valence electrons. The third kappa shape index (κ3) is 13.8. The first kappa shape index (κ1) is 8.98. The summed E-state index contributed by atoms with van der Waals surface area (Å²) in [5.41, 5.74) is 0. The average molecular weight is 96.6 g/mol. The molecule has 0 unspecified atom stereocenters. The van der Waals surface area contributed by atoms with Crippen LogP contribution < -0.4 is 0 Å². The molecule has 0 saturated heterocycles. The third-order valence-electron chi connectivity index (χ3n) is 0.224.